The highest BCUT2D eigenvalue weighted by Gasteiger charge is 2.09. The van der Waals surface area contributed by atoms with Crippen molar-refractivity contribution in [3.05, 3.63) is 81.6 Å². The molecule has 4 aromatic rings. The molecule has 2 heterocycles. The van der Waals surface area contributed by atoms with Gasteiger partial charge in [0.15, 0.2) is 0 Å². The van der Waals surface area contributed by atoms with Crippen LogP contribution < -0.4 is 0 Å². The first-order valence-electron chi connectivity index (χ1n) is 7.60. The molecule has 0 radical (unpaired) electrons. The Bertz CT molecular complexity index is 1070. The Kier molecular flexibility index (Phi) is 4.34. The summed E-state index contributed by atoms with van der Waals surface area (Å²) in [6.07, 6.45) is 3.97. The quantitative estimate of drug-likeness (QED) is 0.453. The van der Waals surface area contributed by atoms with Crippen molar-refractivity contribution in [3.8, 4) is 0 Å². The van der Waals surface area contributed by atoms with Crippen LogP contribution in [0.1, 0.15) is 22.9 Å². The summed E-state index contributed by atoms with van der Waals surface area (Å²) in [6.45, 7) is 0. The summed E-state index contributed by atoms with van der Waals surface area (Å²) in [5, 5.41) is 11.8. The van der Waals surface area contributed by atoms with Crippen LogP contribution in [-0.2, 0) is 6.42 Å². The standard InChI is InChI=1S/C19H12ClFN2OS/c20-16-10-14(21)7-5-12(16)6-8-18-22-23-19(24-18)9-13-11-25-17-4-2-1-3-15(13)17/h1-8,10-11H,9H2/b8-6+. The van der Waals surface area contributed by atoms with Gasteiger partial charge >= 0.3 is 0 Å². The molecule has 0 saturated carbocycles. The zero-order valence-corrected chi connectivity index (χ0v) is 14.5. The molecule has 0 fully saturated rings. The smallest absolute Gasteiger partial charge is 0.240 e. The van der Waals surface area contributed by atoms with Gasteiger partial charge in [0.2, 0.25) is 11.8 Å². The number of aromatic nitrogens is 2. The van der Waals surface area contributed by atoms with Gasteiger partial charge in [-0.15, -0.1) is 21.5 Å². The molecule has 2 aromatic heterocycles. The van der Waals surface area contributed by atoms with Gasteiger partial charge in [-0.2, -0.15) is 0 Å². The maximum Gasteiger partial charge on any atom is 0.240 e. The highest BCUT2D eigenvalue weighted by Crippen LogP contribution is 2.27. The molecule has 3 nitrogen and oxygen atoms in total. The van der Waals surface area contributed by atoms with Crippen LogP contribution in [0.3, 0.4) is 0 Å². The fourth-order valence-corrected chi connectivity index (χ4v) is 3.73. The van der Waals surface area contributed by atoms with Crippen LogP contribution in [0, 0.1) is 5.82 Å². The lowest BCUT2D eigenvalue weighted by molar-refractivity contribution is 0.497. The van der Waals surface area contributed by atoms with E-state index >= 15 is 0 Å². The Morgan fingerprint density at radius 2 is 2.00 bits per heavy atom. The van der Waals surface area contributed by atoms with Gasteiger partial charge in [0, 0.05) is 10.8 Å². The van der Waals surface area contributed by atoms with E-state index < -0.39 is 0 Å². The topological polar surface area (TPSA) is 38.9 Å². The highest BCUT2D eigenvalue weighted by atomic mass is 35.5. The number of nitrogens with zero attached hydrogens (tertiary/aromatic N) is 2. The molecule has 2 aromatic carbocycles. The predicted molar refractivity (Wildman–Crippen MR) is 99.3 cm³/mol. The minimum absolute atomic E-state index is 0.334. The van der Waals surface area contributed by atoms with Crippen molar-refractivity contribution in [3.63, 3.8) is 0 Å². The van der Waals surface area contributed by atoms with Crippen LogP contribution in [-0.4, -0.2) is 10.2 Å². The second-order valence-corrected chi connectivity index (χ2v) is 6.79. The molecule has 0 aliphatic carbocycles. The minimum Gasteiger partial charge on any atom is -0.421 e. The van der Waals surface area contributed by atoms with Crippen LogP contribution in [0.15, 0.2) is 52.3 Å². The number of thiophene rings is 1. The molecule has 0 saturated heterocycles. The molecule has 124 valence electrons. The van der Waals surface area contributed by atoms with Crippen molar-refractivity contribution in [1.82, 2.24) is 10.2 Å². The van der Waals surface area contributed by atoms with Gasteiger partial charge in [0.1, 0.15) is 5.82 Å². The van der Waals surface area contributed by atoms with E-state index in [9.17, 15) is 4.39 Å². The van der Waals surface area contributed by atoms with Crippen molar-refractivity contribution in [1.29, 1.82) is 0 Å². The van der Waals surface area contributed by atoms with Gasteiger partial charge in [-0.05, 0) is 46.2 Å². The van der Waals surface area contributed by atoms with Crippen LogP contribution in [0.4, 0.5) is 4.39 Å². The number of rotatable bonds is 4. The lowest BCUT2D eigenvalue weighted by Crippen LogP contribution is -1.86. The van der Waals surface area contributed by atoms with E-state index in [-0.39, 0.29) is 5.82 Å². The molecule has 0 bridgehead atoms. The van der Waals surface area contributed by atoms with E-state index in [4.69, 9.17) is 16.0 Å². The van der Waals surface area contributed by atoms with E-state index in [1.165, 1.54) is 27.8 Å². The van der Waals surface area contributed by atoms with Crippen molar-refractivity contribution in [2.45, 2.75) is 6.42 Å². The van der Waals surface area contributed by atoms with Gasteiger partial charge in [-0.3, -0.25) is 0 Å². The Morgan fingerprint density at radius 3 is 2.88 bits per heavy atom. The second kappa shape index (κ2) is 6.78. The molecule has 0 amide bonds. The summed E-state index contributed by atoms with van der Waals surface area (Å²) in [7, 11) is 0. The maximum atomic E-state index is 13.1. The Balaban J connectivity index is 1.53. The van der Waals surface area contributed by atoms with Gasteiger partial charge in [0.25, 0.3) is 0 Å². The van der Waals surface area contributed by atoms with Crippen LogP contribution in [0.2, 0.25) is 5.02 Å². The average molecular weight is 371 g/mol. The zero-order valence-electron chi connectivity index (χ0n) is 12.9. The molecule has 0 spiro atoms. The molecular weight excluding hydrogens is 359 g/mol. The summed E-state index contributed by atoms with van der Waals surface area (Å²) in [5.41, 5.74) is 1.85. The highest BCUT2D eigenvalue weighted by molar-refractivity contribution is 7.17. The first kappa shape index (κ1) is 16.0. The molecular formula is C19H12ClFN2OS. The monoisotopic (exact) mass is 370 g/mol. The molecule has 0 aliphatic rings. The van der Waals surface area contributed by atoms with Crippen molar-refractivity contribution < 1.29 is 8.81 Å². The molecule has 0 aliphatic heterocycles. The second-order valence-electron chi connectivity index (χ2n) is 5.47. The summed E-state index contributed by atoms with van der Waals surface area (Å²) in [5.74, 6) is 0.563. The predicted octanol–water partition coefficient (Wildman–Crippen LogP) is 5.84. The van der Waals surface area contributed by atoms with Crippen LogP contribution >= 0.6 is 22.9 Å². The molecule has 0 atom stereocenters. The SMILES string of the molecule is Fc1ccc(/C=C/c2nnc(Cc3csc4ccccc34)o2)c(Cl)c1. The van der Waals surface area contributed by atoms with Crippen molar-refractivity contribution in [2.75, 3.05) is 0 Å². The Hall–Kier alpha value is -2.50. The summed E-state index contributed by atoms with van der Waals surface area (Å²) < 4.78 is 20.0. The van der Waals surface area contributed by atoms with E-state index in [1.54, 1.807) is 29.6 Å². The summed E-state index contributed by atoms with van der Waals surface area (Å²) >= 11 is 7.70. The summed E-state index contributed by atoms with van der Waals surface area (Å²) in [4.78, 5) is 0. The van der Waals surface area contributed by atoms with E-state index in [1.807, 2.05) is 12.1 Å². The van der Waals surface area contributed by atoms with Crippen LogP contribution in [0.5, 0.6) is 0 Å². The van der Waals surface area contributed by atoms with Gasteiger partial charge in [-0.1, -0.05) is 35.9 Å². The van der Waals surface area contributed by atoms with E-state index in [2.05, 4.69) is 27.7 Å². The molecule has 4 rings (SSSR count). The van der Waals surface area contributed by atoms with Crippen molar-refractivity contribution in [2.24, 2.45) is 0 Å². The third-order valence-corrected chi connectivity index (χ3v) is 5.09. The third kappa shape index (κ3) is 3.48. The normalized spacial score (nSPS) is 11.6. The lowest BCUT2D eigenvalue weighted by Gasteiger charge is -1.97. The Labute approximate surface area is 152 Å². The number of hydrogen-bond donors (Lipinski definition) is 0. The number of hydrogen-bond acceptors (Lipinski definition) is 4. The molecule has 6 heteroatoms. The van der Waals surface area contributed by atoms with Crippen molar-refractivity contribution >= 4 is 45.2 Å². The first-order valence-corrected chi connectivity index (χ1v) is 8.85. The average Bonchev–Trinajstić information content (AvgIpc) is 3.22. The van der Waals surface area contributed by atoms with Gasteiger partial charge in [0.05, 0.1) is 11.4 Å². The number of halogens is 2. The fraction of sp³-hybridized carbons (Fsp3) is 0.0526. The third-order valence-electron chi connectivity index (χ3n) is 3.75. The van der Waals surface area contributed by atoms with Crippen LogP contribution in [0.25, 0.3) is 22.2 Å². The molecule has 0 N–H and O–H groups in total. The number of benzene rings is 2. The van der Waals surface area contributed by atoms with Gasteiger partial charge in [-0.25, -0.2) is 4.39 Å². The lowest BCUT2D eigenvalue weighted by atomic mass is 10.1. The summed E-state index contributed by atoms with van der Waals surface area (Å²) in [6, 6.07) is 12.5. The first-order chi connectivity index (χ1) is 12.2. The molecule has 25 heavy (non-hydrogen) atoms. The number of fused-ring (bicyclic) bond motifs is 1. The Morgan fingerprint density at radius 1 is 1.12 bits per heavy atom. The van der Waals surface area contributed by atoms with E-state index in [0.29, 0.717) is 28.8 Å². The van der Waals surface area contributed by atoms with Gasteiger partial charge < -0.3 is 4.42 Å². The largest absolute Gasteiger partial charge is 0.421 e. The minimum atomic E-state index is -0.370. The van der Waals surface area contributed by atoms with E-state index in [0.717, 1.165) is 0 Å². The maximum absolute atomic E-state index is 13.1. The molecule has 0 unspecified atom stereocenters. The zero-order chi connectivity index (χ0) is 17.2. The fourth-order valence-electron chi connectivity index (χ4n) is 2.54.